The monoisotopic (exact) mass is 296 g/mol. The predicted octanol–water partition coefficient (Wildman–Crippen LogP) is 3.02. The number of fused-ring (bicyclic) bond motifs is 2. The highest BCUT2D eigenvalue weighted by Gasteiger charge is 2.42. The second kappa shape index (κ2) is 4.98. The third kappa shape index (κ3) is 2.12. The van der Waals surface area contributed by atoms with Gasteiger partial charge in [0.25, 0.3) is 0 Å². The molecule has 116 valence electrons. The number of nitrogens with one attached hydrogen (secondary N) is 1. The zero-order valence-electron chi connectivity index (χ0n) is 13.0. The van der Waals surface area contributed by atoms with Gasteiger partial charge in [0.15, 0.2) is 0 Å². The summed E-state index contributed by atoms with van der Waals surface area (Å²) in [5.74, 6) is 1.90. The molecule has 22 heavy (non-hydrogen) atoms. The van der Waals surface area contributed by atoms with Gasteiger partial charge < -0.3 is 9.88 Å². The van der Waals surface area contributed by atoms with E-state index in [1.807, 2.05) is 0 Å². The van der Waals surface area contributed by atoms with Crippen LogP contribution in [0.15, 0.2) is 24.3 Å². The van der Waals surface area contributed by atoms with Crippen LogP contribution in [0.5, 0.6) is 0 Å². The number of H-pyrrole nitrogens is 1. The Morgan fingerprint density at radius 2 is 1.95 bits per heavy atom. The van der Waals surface area contributed by atoms with E-state index >= 15 is 0 Å². The van der Waals surface area contributed by atoms with Gasteiger partial charge in [-0.15, -0.1) is 0 Å². The number of anilines is 1. The largest absolute Gasteiger partial charge is 0.342 e. The van der Waals surface area contributed by atoms with E-state index in [2.05, 4.69) is 39.0 Å². The number of hydrogen-bond donors (Lipinski definition) is 1. The van der Waals surface area contributed by atoms with E-state index in [-0.39, 0.29) is 0 Å². The summed E-state index contributed by atoms with van der Waals surface area (Å²) in [7, 11) is 0. The highest BCUT2D eigenvalue weighted by Crippen LogP contribution is 2.38. The molecule has 5 rings (SSSR count). The van der Waals surface area contributed by atoms with Crippen LogP contribution in [-0.4, -0.2) is 46.6 Å². The van der Waals surface area contributed by atoms with Gasteiger partial charge in [-0.3, -0.25) is 4.90 Å². The molecule has 1 aliphatic carbocycles. The molecule has 4 nitrogen and oxygen atoms in total. The molecule has 4 heteroatoms. The average molecular weight is 296 g/mol. The van der Waals surface area contributed by atoms with Crippen molar-refractivity contribution in [2.75, 3.05) is 24.5 Å². The number of nitrogens with zero attached hydrogens (tertiary/aromatic N) is 3. The van der Waals surface area contributed by atoms with E-state index in [9.17, 15) is 0 Å². The molecule has 3 fully saturated rings. The summed E-state index contributed by atoms with van der Waals surface area (Å²) in [5.41, 5.74) is 2.24. The summed E-state index contributed by atoms with van der Waals surface area (Å²) < 4.78 is 0. The van der Waals surface area contributed by atoms with Crippen molar-refractivity contribution in [3.05, 3.63) is 24.3 Å². The number of para-hydroxylation sites is 2. The second-order valence-corrected chi connectivity index (χ2v) is 7.25. The lowest BCUT2D eigenvalue weighted by Crippen LogP contribution is -2.55. The van der Waals surface area contributed by atoms with Crippen molar-refractivity contribution in [2.24, 2.45) is 5.92 Å². The Balaban J connectivity index is 1.37. The molecule has 1 N–H and O–H groups in total. The SMILES string of the molecule is c1ccc2[nH]c(N3CCC4C(CCCN4C4CC4)C3)nc2c1. The molecule has 0 spiro atoms. The third-order valence-corrected chi connectivity index (χ3v) is 5.80. The van der Waals surface area contributed by atoms with Crippen LogP contribution in [0.25, 0.3) is 11.0 Å². The fourth-order valence-electron chi connectivity index (χ4n) is 4.58. The van der Waals surface area contributed by atoms with Crippen molar-refractivity contribution in [3.8, 4) is 0 Å². The van der Waals surface area contributed by atoms with Crippen molar-refractivity contribution >= 4 is 17.0 Å². The van der Waals surface area contributed by atoms with Gasteiger partial charge in [0, 0.05) is 25.2 Å². The number of likely N-dealkylation sites (tertiary alicyclic amines) is 1. The molecular formula is C18H24N4. The predicted molar refractivity (Wildman–Crippen MR) is 89.2 cm³/mol. The maximum Gasteiger partial charge on any atom is 0.203 e. The molecule has 0 amide bonds. The minimum absolute atomic E-state index is 0.830. The maximum atomic E-state index is 4.80. The van der Waals surface area contributed by atoms with Crippen LogP contribution in [0.3, 0.4) is 0 Å². The van der Waals surface area contributed by atoms with E-state index < -0.39 is 0 Å². The highest BCUT2D eigenvalue weighted by atomic mass is 15.3. The first-order valence-corrected chi connectivity index (χ1v) is 8.84. The Morgan fingerprint density at radius 3 is 2.82 bits per heavy atom. The van der Waals surface area contributed by atoms with Crippen molar-refractivity contribution in [3.63, 3.8) is 0 Å². The van der Waals surface area contributed by atoms with Gasteiger partial charge in [0.1, 0.15) is 0 Å². The number of rotatable bonds is 2. The quantitative estimate of drug-likeness (QED) is 0.925. The summed E-state index contributed by atoms with van der Waals surface area (Å²) in [6, 6.07) is 10.1. The molecule has 3 aliphatic rings. The van der Waals surface area contributed by atoms with Gasteiger partial charge in [-0.2, -0.15) is 0 Å². The molecule has 2 saturated heterocycles. The number of aromatic amines is 1. The minimum atomic E-state index is 0.830. The van der Waals surface area contributed by atoms with Gasteiger partial charge in [-0.1, -0.05) is 12.1 Å². The van der Waals surface area contributed by atoms with Crippen LogP contribution < -0.4 is 4.90 Å². The van der Waals surface area contributed by atoms with Crippen LogP contribution in [0.1, 0.15) is 32.1 Å². The normalized spacial score (nSPS) is 29.7. The van der Waals surface area contributed by atoms with Crippen molar-refractivity contribution < 1.29 is 0 Å². The Kier molecular flexibility index (Phi) is 2.93. The lowest BCUT2D eigenvalue weighted by atomic mass is 9.84. The fraction of sp³-hybridized carbons (Fsp3) is 0.611. The molecule has 2 atom stereocenters. The first kappa shape index (κ1) is 12.9. The summed E-state index contributed by atoms with van der Waals surface area (Å²) in [6.45, 7) is 3.66. The van der Waals surface area contributed by atoms with Gasteiger partial charge >= 0.3 is 0 Å². The van der Waals surface area contributed by atoms with Crippen molar-refractivity contribution in [1.29, 1.82) is 0 Å². The van der Waals surface area contributed by atoms with E-state index in [4.69, 9.17) is 4.98 Å². The first-order valence-electron chi connectivity index (χ1n) is 8.84. The lowest BCUT2D eigenvalue weighted by molar-refractivity contribution is 0.0695. The number of imidazole rings is 1. The Bertz CT molecular complexity index is 642. The van der Waals surface area contributed by atoms with Crippen molar-refractivity contribution in [1.82, 2.24) is 14.9 Å². The third-order valence-electron chi connectivity index (χ3n) is 5.80. The number of hydrogen-bond acceptors (Lipinski definition) is 3. The fourth-order valence-corrected chi connectivity index (χ4v) is 4.58. The molecular weight excluding hydrogens is 272 g/mol. The highest BCUT2D eigenvalue weighted by molar-refractivity contribution is 5.77. The van der Waals surface area contributed by atoms with Gasteiger partial charge in [0.05, 0.1) is 11.0 Å². The van der Waals surface area contributed by atoms with E-state index in [1.165, 1.54) is 45.2 Å². The lowest BCUT2D eigenvalue weighted by Gasteiger charge is -2.47. The first-order chi connectivity index (χ1) is 10.9. The molecule has 1 aromatic carbocycles. The van der Waals surface area contributed by atoms with Crippen LogP contribution in [0.2, 0.25) is 0 Å². The van der Waals surface area contributed by atoms with Gasteiger partial charge in [-0.05, 0) is 56.7 Å². The van der Waals surface area contributed by atoms with Gasteiger partial charge in [0.2, 0.25) is 5.95 Å². The van der Waals surface area contributed by atoms with Crippen molar-refractivity contribution in [2.45, 2.75) is 44.2 Å². The molecule has 1 saturated carbocycles. The van der Waals surface area contributed by atoms with Gasteiger partial charge in [-0.25, -0.2) is 4.98 Å². The van der Waals surface area contributed by atoms with Crippen LogP contribution in [0.4, 0.5) is 5.95 Å². The molecule has 2 aliphatic heterocycles. The zero-order valence-corrected chi connectivity index (χ0v) is 13.0. The second-order valence-electron chi connectivity index (χ2n) is 7.25. The molecule has 1 aromatic heterocycles. The molecule has 2 aromatic rings. The standard InChI is InChI=1S/C18H24N4/c1-2-6-16-15(5-1)19-18(20-16)21-11-9-17-13(12-21)4-3-10-22(17)14-7-8-14/h1-2,5-6,13-14,17H,3-4,7-12H2,(H,19,20). The number of aromatic nitrogens is 2. The number of piperidine rings is 2. The summed E-state index contributed by atoms with van der Waals surface area (Å²) in [5, 5.41) is 0. The Morgan fingerprint density at radius 1 is 1.05 bits per heavy atom. The Hall–Kier alpha value is -1.55. The smallest absolute Gasteiger partial charge is 0.203 e. The molecule has 0 bridgehead atoms. The number of benzene rings is 1. The maximum absolute atomic E-state index is 4.80. The summed E-state index contributed by atoms with van der Waals surface area (Å²) >= 11 is 0. The minimum Gasteiger partial charge on any atom is -0.342 e. The van der Waals surface area contributed by atoms with Crippen LogP contribution >= 0.6 is 0 Å². The van der Waals surface area contributed by atoms with Crippen LogP contribution in [-0.2, 0) is 0 Å². The summed E-state index contributed by atoms with van der Waals surface area (Å²) in [6.07, 6.45) is 6.96. The Labute approximate surface area is 131 Å². The van der Waals surface area contributed by atoms with Crippen LogP contribution in [0, 0.1) is 5.92 Å². The summed E-state index contributed by atoms with van der Waals surface area (Å²) in [4.78, 5) is 13.6. The average Bonchev–Trinajstić information content (AvgIpc) is 3.31. The topological polar surface area (TPSA) is 35.2 Å². The molecule has 0 radical (unpaired) electrons. The van der Waals surface area contributed by atoms with E-state index in [0.29, 0.717) is 0 Å². The van der Waals surface area contributed by atoms with E-state index in [0.717, 1.165) is 41.5 Å². The molecule has 3 heterocycles. The zero-order chi connectivity index (χ0) is 14.5. The molecule has 2 unspecified atom stereocenters. The van der Waals surface area contributed by atoms with E-state index in [1.54, 1.807) is 0 Å².